The summed E-state index contributed by atoms with van der Waals surface area (Å²) in [5, 5.41) is 10.2. The van der Waals surface area contributed by atoms with Gasteiger partial charge in [-0.25, -0.2) is 0 Å². The molecule has 1 nitrogen and oxygen atoms in total. The summed E-state index contributed by atoms with van der Waals surface area (Å²) in [6.45, 7) is 18.0. The summed E-state index contributed by atoms with van der Waals surface area (Å²) in [5.41, 5.74) is 6.72. The third-order valence-corrected chi connectivity index (χ3v) is 9.12. The molecule has 114 valence electrons. The summed E-state index contributed by atoms with van der Waals surface area (Å²) in [6, 6.07) is 0. The fourth-order valence-electron chi connectivity index (χ4n) is 1.23. The molecule has 1 atom stereocenters. The second-order valence-electron chi connectivity index (χ2n) is 8.10. The molecule has 0 aromatic carbocycles. The molecule has 20 heavy (non-hydrogen) atoms. The Morgan fingerprint density at radius 1 is 1.00 bits per heavy atom. The van der Waals surface area contributed by atoms with Crippen molar-refractivity contribution in [3.8, 4) is 22.9 Å². The molecule has 0 aromatic heterocycles. The Hall–Kier alpha value is -0.486. The molecule has 0 aliphatic carbocycles. The van der Waals surface area contributed by atoms with Crippen molar-refractivity contribution in [2.75, 3.05) is 0 Å². The number of aliphatic hydroxyl groups is 1. The molecule has 0 spiro atoms. The molecule has 3 heteroatoms. The fourth-order valence-corrected chi connectivity index (χ4v) is 2.79. The zero-order valence-corrected chi connectivity index (χ0v) is 16.6. The van der Waals surface area contributed by atoms with Gasteiger partial charge in [0.15, 0.2) is 0 Å². The van der Waals surface area contributed by atoms with E-state index in [0.717, 1.165) is 19.3 Å². The first-order valence-corrected chi connectivity index (χ1v) is 14.1. The molecule has 0 saturated heterocycles. The molecule has 0 rings (SSSR count). The zero-order valence-electron chi connectivity index (χ0n) is 14.6. The summed E-state index contributed by atoms with van der Waals surface area (Å²) in [4.78, 5) is 0. The first-order valence-electron chi connectivity index (χ1n) is 7.56. The monoisotopic (exact) mass is 308 g/mol. The molecular weight excluding hydrogens is 276 g/mol. The van der Waals surface area contributed by atoms with E-state index in [2.05, 4.69) is 76.4 Å². The number of hydrogen-bond acceptors (Lipinski definition) is 1. The first-order chi connectivity index (χ1) is 8.85. The van der Waals surface area contributed by atoms with Crippen LogP contribution in [0.2, 0.25) is 37.8 Å². The van der Waals surface area contributed by atoms with Crippen LogP contribution >= 0.6 is 0 Å². The highest BCUT2D eigenvalue weighted by Gasteiger charge is 2.33. The van der Waals surface area contributed by atoms with Crippen LogP contribution in [0.25, 0.3) is 0 Å². The largest absolute Gasteiger partial charge is 0.380 e. The maximum absolute atomic E-state index is 9.95. The van der Waals surface area contributed by atoms with Crippen molar-refractivity contribution in [3.63, 3.8) is 0 Å². The minimum absolute atomic E-state index is 0.253. The molecule has 0 fully saturated rings. The van der Waals surface area contributed by atoms with Gasteiger partial charge in [-0.3, -0.25) is 0 Å². The first kappa shape index (κ1) is 19.5. The molecule has 0 heterocycles. The third kappa shape index (κ3) is 8.64. The molecule has 0 bridgehead atoms. The maximum atomic E-state index is 9.95. The van der Waals surface area contributed by atoms with E-state index in [0.29, 0.717) is 0 Å². The zero-order chi connectivity index (χ0) is 16.0. The van der Waals surface area contributed by atoms with Crippen LogP contribution in [-0.2, 0) is 0 Å². The predicted octanol–water partition coefficient (Wildman–Crippen LogP) is 4.45. The summed E-state index contributed by atoms with van der Waals surface area (Å²) >= 11 is 0. The molecule has 0 aliphatic rings. The van der Waals surface area contributed by atoms with E-state index < -0.39 is 22.3 Å². The summed E-state index contributed by atoms with van der Waals surface area (Å²) in [7, 11) is -2.83. The Labute approximate surface area is 128 Å². The van der Waals surface area contributed by atoms with Crippen molar-refractivity contribution in [2.45, 2.75) is 83.9 Å². The molecule has 1 N–H and O–H groups in total. The van der Waals surface area contributed by atoms with E-state index >= 15 is 0 Å². The normalized spacial score (nSPS) is 13.8. The van der Waals surface area contributed by atoms with Crippen molar-refractivity contribution < 1.29 is 5.11 Å². The lowest BCUT2D eigenvalue weighted by atomic mass is 10.2. The predicted molar refractivity (Wildman–Crippen MR) is 96.0 cm³/mol. The van der Waals surface area contributed by atoms with Gasteiger partial charge in [-0.15, -0.1) is 17.0 Å². The molecule has 0 radical (unpaired) electrons. The van der Waals surface area contributed by atoms with Gasteiger partial charge in [0.2, 0.25) is 0 Å². The van der Waals surface area contributed by atoms with Gasteiger partial charge in [-0.2, -0.15) is 0 Å². The van der Waals surface area contributed by atoms with E-state index in [1.807, 2.05) is 0 Å². The second-order valence-corrected chi connectivity index (χ2v) is 17.9. The topological polar surface area (TPSA) is 20.2 Å². The molecule has 0 aromatic rings. The van der Waals surface area contributed by atoms with Gasteiger partial charge in [0.25, 0.3) is 0 Å². The van der Waals surface area contributed by atoms with Crippen molar-refractivity contribution in [1.29, 1.82) is 0 Å². The summed E-state index contributed by atoms with van der Waals surface area (Å²) < 4.78 is 0. The minimum Gasteiger partial charge on any atom is -0.380 e. The smallest absolute Gasteiger partial charge is 0.137 e. The van der Waals surface area contributed by atoms with Gasteiger partial charge < -0.3 is 5.11 Å². The molecule has 0 saturated carbocycles. The van der Waals surface area contributed by atoms with Crippen LogP contribution in [0.1, 0.15) is 40.0 Å². The van der Waals surface area contributed by atoms with Crippen molar-refractivity contribution in [3.05, 3.63) is 0 Å². The van der Waals surface area contributed by atoms with Crippen LogP contribution in [0, 0.1) is 22.9 Å². The number of aliphatic hydroxyl groups excluding tert-OH is 1. The third-order valence-electron chi connectivity index (χ3n) is 3.67. The fraction of sp³-hybridized carbons (Fsp3) is 0.765. The number of rotatable bonds is 3. The minimum atomic E-state index is -1.59. The van der Waals surface area contributed by atoms with Crippen LogP contribution in [0.4, 0.5) is 0 Å². The standard InChI is InChI=1S/C17H32OSi2/c1-17(2,3)20(7,8)15-13-16(18)12-10-9-11-14-19(4,5)6/h16,18H,9-10,12H2,1-8H3. The highest BCUT2D eigenvalue weighted by Crippen LogP contribution is 2.35. The number of unbranched alkanes of at least 4 members (excludes halogenated alkanes) is 1. The van der Waals surface area contributed by atoms with Gasteiger partial charge in [0, 0.05) is 6.42 Å². The Morgan fingerprint density at radius 2 is 1.55 bits per heavy atom. The Morgan fingerprint density at radius 3 is 2.00 bits per heavy atom. The molecule has 0 aliphatic heterocycles. The lowest BCUT2D eigenvalue weighted by Crippen LogP contribution is -2.35. The lowest BCUT2D eigenvalue weighted by molar-refractivity contribution is 0.219. The quantitative estimate of drug-likeness (QED) is 0.464. The van der Waals surface area contributed by atoms with Crippen molar-refractivity contribution >= 4 is 16.1 Å². The Kier molecular flexibility index (Phi) is 7.32. The van der Waals surface area contributed by atoms with Crippen LogP contribution in [-0.4, -0.2) is 27.4 Å². The summed E-state index contributed by atoms with van der Waals surface area (Å²) in [6.07, 6.45) is 2.06. The SMILES string of the molecule is CC(C)(C)[Si](C)(C)C#CC(O)CCCC#C[Si](C)(C)C. The lowest BCUT2D eigenvalue weighted by Gasteiger charge is -2.31. The van der Waals surface area contributed by atoms with Gasteiger partial charge in [-0.05, 0) is 17.9 Å². The second kappa shape index (κ2) is 7.50. The molecule has 0 amide bonds. The molecular formula is C17H32OSi2. The van der Waals surface area contributed by atoms with Crippen molar-refractivity contribution in [2.24, 2.45) is 0 Å². The highest BCUT2D eigenvalue weighted by molar-refractivity contribution is 6.87. The van der Waals surface area contributed by atoms with Crippen LogP contribution < -0.4 is 0 Å². The van der Waals surface area contributed by atoms with E-state index in [9.17, 15) is 5.11 Å². The average molecular weight is 309 g/mol. The van der Waals surface area contributed by atoms with E-state index in [1.165, 1.54) is 0 Å². The van der Waals surface area contributed by atoms with E-state index in [4.69, 9.17) is 0 Å². The number of hydrogen-bond donors (Lipinski definition) is 1. The maximum Gasteiger partial charge on any atom is 0.137 e. The van der Waals surface area contributed by atoms with Gasteiger partial charge in [0.1, 0.15) is 22.3 Å². The van der Waals surface area contributed by atoms with Gasteiger partial charge in [-0.1, -0.05) is 59.4 Å². The molecule has 1 unspecified atom stereocenters. The van der Waals surface area contributed by atoms with Crippen molar-refractivity contribution in [1.82, 2.24) is 0 Å². The van der Waals surface area contributed by atoms with Crippen LogP contribution in [0.15, 0.2) is 0 Å². The van der Waals surface area contributed by atoms with E-state index in [-0.39, 0.29) is 5.04 Å². The van der Waals surface area contributed by atoms with Crippen LogP contribution in [0.5, 0.6) is 0 Å². The summed E-state index contributed by atoms with van der Waals surface area (Å²) in [5.74, 6) is 6.30. The van der Waals surface area contributed by atoms with E-state index in [1.54, 1.807) is 0 Å². The van der Waals surface area contributed by atoms with Gasteiger partial charge >= 0.3 is 0 Å². The Bertz CT molecular complexity index is 416. The van der Waals surface area contributed by atoms with Crippen LogP contribution in [0.3, 0.4) is 0 Å². The average Bonchev–Trinajstić information content (AvgIpc) is 2.23. The van der Waals surface area contributed by atoms with Gasteiger partial charge in [0.05, 0.1) is 0 Å². The highest BCUT2D eigenvalue weighted by atomic mass is 28.3. The Balaban J connectivity index is 4.27.